The zero-order chi connectivity index (χ0) is 14.8. The fourth-order valence-corrected chi connectivity index (χ4v) is 2.91. The number of ether oxygens (including phenoxy) is 1. The molecular formula is C19H22O2. The Labute approximate surface area is 126 Å². The topological polar surface area (TPSA) is 29.5 Å². The third-order valence-corrected chi connectivity index (χ3v) is 4.26. The Morgan fingerprint density at radius 1 is 1.14 bits per heavy atom. The van der Waals surface area contributed by atoms with E-state index in [1.807, 2.05) is 24.3 Å². The smallest absolute Gasteiger partial charge is 0.125 e. The van der Waals surface area contributed by atoms with Gasteiger partial charge in [-0.05, 0) is 29.5 Å². The Kier molecular flexibility index (Phi) is 3.98. The molecule has 0 aromatic heterocycles. The molecule has 0 amide bonds. The minimum atomic E-state index is -0.449. The molecule has 2 nitrogen and oxygen atoms in total. The van der Waals surface area contributed by atoms with Crippen molar-refractivity contribution in [3.8, 4) is 5.75 Å². The molecule has 0 fully saturated rings. The highest BCUT2D eigenvalue weighted by molar-refractivity contribution is 5.41. The van der Waals surface area contributed by atoms with Crippen LogP contribution in [0.15, 0.2) is 48.5 Å². The molecule has 0 saturated carbocycles. The van der Waals surface area contributed by atoms with Crippen molar-refractivity contribution in [2.75, 3.05) is 6.61 Å². The molecule has 2 atom stereocenters. The van der Waals surface area contributed by atoms with Gasteiger partial charge < -0.3 is 9.84 Å². The van der Waals surface area contributed by atoms with Crippen molar-refractivity contribution in [3.05, 3.63) is 65.2 Å². The summed E-state index contributed by atoms with van der Waals surface area (Å²) in [6.07, 6.45) is 0.392. The first kappa shape index (κ1) is 14.2. The predicted molar refractivity (Wildman–Crippen MR) is 84.6 cm³/mol. The van der Waals surface area contributed by atoms with E-state index in [0.29, 0.717) is 12.5 Å². The zero-order valence-electron chi connectivity index (χ0n) is 12.6. The number of fused-ring (bicyclic) bond motifs is 1. The van der Waals surface area contributed by atoms with Gasteiger partial charge in [0.1, 0.15) is 5.75 Å². The van der Waals surface area contributed by atoms with Gasteiger partial charge in [-0.15, -0.1) is 0 Å². The van der Waals surface area contributed by atoms with Crippen molar-refractivity contribution in [1.29, 1.82) is 0 Å². The van der Waals surface area contributed by atoms with E-state index in [4.69, 9.17) is 4.74 Å². The summed E-state index contributed by atoms with van der Waals surface area (Å²) < 4.78 is 5.91. The standard InChI is InChI=1S/C19H22O2/c1-13(2)15-8-9-17-18(11-15)21-12-16(19(17)20)10-14-6-4-3-5-7-14/h3-9,11,13,16,19-20H,10,12H2,1-2H3/t16-,19+/m0/s1. The van der Waals surface area contributed by atoms with Crippen molar-refractivity contribution in [3.63, 3.8) is 0 Å². The first-order valence-corrected chi connectivity index (χ1v) is 7.64. The fraction of sp³-hybridized carbons (Fsp3) is 0.368. The first-order chi connectivity index (χ1) is 10.1. The maximum Gasteiger partial charge on any atom is 0.125 e. The largest absolute Gasteiger partial charge is 0.493 e. The number of hydrogen-bond donors (Lipinski definition) is 1. The lowest BCUT2D eigenvalue weighted by atomic mass is 9.87. The average Bonchev–Trinajstić information content (AvgIpc) is 2.51. The summed E-state index contributed by atoms with van der Waals surface area (Å²) >= 11 is 0. The Bertz CT molecular complexity index is 604. The van der Waals surface area contributed by atoms with E-state index in [1.54, 1.807) is 0 Å². The second kappa shape index (κ2) is 5.90. The molecule has 21 heavy (non-hydrogen) atoms. The van der Waals surface area contributed by atoms with E-state index in [2.05, 4.69) is 38.1 Å². The van der Waals surface area contributed by atoms with Crippen LogP contribution in [0.3, 0.4) is 0 Å². The summed E-state index contributed by atoms with van der Waals surface area (Å²) in [5, 5.41) is 10.6. The molecule has 0 saturated heterocycles. The Morgan fingerprint density at radius 3 is 2.62 bits per heavy atom. The maximum absolute atomic E-state index is 10.6. The highest BCUT2D eigenvalue weighted by Gasteiger charge is 2.29. The fourth-order valence-electron chi connectivity index (χ4n) is 2.91. The molecule has 0 radical (unpaired) electrons. The van der Waals surface area contributed by atoms with E-state index < -0.39 is 6.10 Å². The molecule has 2 heteroatoms. The number of hydrogen-bond acceptors (Lipinski definition) is 2. The van der Waals surface area contributed by atoms with Crippen LogP contribution in [0.5, 0.6) is 5.75 Å². The quantitative estimate of drug-likeness (QED) is 0.918. The Morgan fingerprint density at radius 2 is 1.90 bits per heavy atom. The van der Waals surface area contributed by atoms with Crippen LogP contribution in [0, 0.1) is 5.92 Å². The average molecular weight is 282 g/mol. The van der Waals surface area contributed by atoms with Crippen molar-refractivity contribution < 1.29 is 9.84 Å². The molecule has 1 aliphatic heterocycles. The minimum Gasteiger partial charge on any atom is -0.493 e. The highest BCUT2D eigenvalue weighted by atomic mass is 16.5. The molecule has 2 aromatic rings. The number of aliphatic hydroxyl groups excluding tert-OH is 1. The number of benzene rings is 2. The molecule has 2 aromatic carbocycles. The second-order valence-corrected chi connectivity index (χ2v) is 6.16. The van der Waals surface area contributed by atoms with E-state index in [-0.39, 0.29) is 5.92 Å². The van der Waals surface area contributed by atoms with Gasteiger partial charge in [-0.1, -0.05) is 56.3 Å². The number of rotatable bonds is 3. The van der Waals surface area contributed by atoms with Gasteiger partial charge in [-0.2, -0.15) is 0 Å². The first-order valence-electron chi connectivity index (χ1n) is 7.64. The van der Waals surface area contributed by atoms with Crippen molar-refractivity contribution >= 4 is 0 Å². The van der Waals surface area contributed by atoms with Gasteiger partial charge in [0.05, 0.1) is 12.7 Å². The molecule has 3 rings (SSSR count). The lowest BCUT2D eigenvalue weighted by Crippen LogP contribution is -2.27. The van der Waals surface area contributed by atoms with Gasteiger partial charge >= 0.3 is 0 Å². The summed E-state index contributed by atoms with van der Waals surface area (Å²) in [6.45, 7) is 4.91. The molecular weight excluding hydrogens is 260 g/mol. The summed E-state index contributed by atoms with van der Waals surface area (Å²) in [6, 6.07) is 16.5. The molecule has 1 aliphatic rings. The highest BCUT2D eigenvalue weighted by Crippen LogP contribution is 2.38. The van der Waals surface area contributed by atoms with Crippen LogP contribution in [-0.2, 0) is 6.42 Å². The molecule has 0 bridgehead atoms. The third-order valence-electron chi connectivity index (χ3n) is 4.26. The third kappa shape index (κ3) is 2.96. The Balaban J connectivity index is 1.81. The van der Waals surface area contributed by atoms with Crippen LogP contribution in [-0.4, -0.2) is 11.7 Å². The van der Waals surface area contributed by atoms with Gasteiger partial charge in [-0.25, -0.2) is 0 Å². The van der Waals surface area contributed by atoms with Crippen LogP contribution in [0.1, 0.15) is 42.6 Å². The van der Waals surface area contributed by atoms with E-state index in [9.17, 15) is 5.11 Å². The van der Waals surface area contributed by atoms with E-state index >= 15 is 0 Å². The molecule has 1 heterocycles. The zero-order valence-corrected chi connectivity index (χ0v) is 12.6. The van der Waals surface area contributed by atoms with Gasteiger partial charge in [0.15, 0.2) is 0 Å². The molecule has 1 N–H and O–H groups in total. The summed E-state index contributed by atoms with van der Waals surface area (Å²) in [5.41, 5.74) is 3.42. The van der Waals surface area contributed by atoms with E-state index in [0.717, 1.165) is 17.7 Å². The van der Waals surface area contributed by atoms with Crippen molar-refractivity contribution in [2.45, 2.75) is 32.3 Å². The van der Waals surface area contributed by atoms with Crippen molar-refractivity contribution in [2.24, 2.45) is 5.92 Å². The molecule has 110 valence electrons. The van der Waals surface area contributed by atoms with Crippen molar-refractivity contribution in [1.82, 2.24) is 0 Å². The SMILES string of the molecule is CC(C)c1ccc2c(c1)OC[C@H](Cc1ccccc1)[C@H]2O. The predicted octanol–water partition coefficient (Wildman–Crippen LogP) is 4.09. The summed E-state index contributed by atoms with van der Waals surface area (Å²) in [5.74, 6) is 1.43. The summed E-state index contributed by atoms with van der Waals surface area (Å²) in [7, 11) is 0. The van der Waals surface area contributed by atoms with Crippen LogP contribution in [0.2, 0.25) is 0 Å². The van der Waals surface area contributed by atoms with Gasteiger partial charge in [-0.3, -0.25) is 0 Å². The lowest BCUT2D eigenvalue weighted by molar-refractivity contribution is 0.0507. The lowest BCUT2D eigenvalue weighted by Gasteiger charge is -2.31. The normalized spacial score (nSPS) is 21.0. The monoisotopic (exact) mass is 282 g/mol. The van der Waals surface area contributed by atoms with Crippen LogP contribution < -0.4 is 4.74 Å². The van der Waals surface area contributed by atoms with E-state index in [1.165, 1.54) is 11.1 Å². The van der Waals surface area contributed by atoms with Crippen LogP contribution in [0.4, 0.5) is 0 Å². The number of aliphatic hydroxyl groups is 1. The van der Waals surface area contributed by atoms with Crippen LogP contribution >= 0.6 is 0 Å². The van der Waals surface area contributed by atoms with Gasteiger partial charge in [0.25, 0.3) is 0 Å². The minimum absolute atomic E-state index is 0.116. The second-order valence-electron chi connectivity index (χ2n) is 6.16. The Hall–Kier alpha value is -1.80. The van der Waals surface area contributed by atoms with Gasteiger partial charge in [0.2, 0.25) is 0 Å². The van der Waals surface area contributed by atoms with Gasteiger partial charge in [0, 0.05) is 11.5 Å². The summed E-state index contributed by atoms with van der Waals surface area (Å²) in [4.78, 5) is 0. The maximum atomic E-state index is 10.6. The molecule has 0 aliphatic carbocycles. The molecule has 0 unspecified atom stereocenters. The van der Waals surface area contributed by atoms with Crippen LogP contribution in [0.25, 0.3) is 0 Å². The molecule has 0 spiro atoms.